The molecule has 1 atom stereocenters. The van der Waals surface area contributed by atoms with Crippen LogP contribution in [0.25, 0.3) is 10.2 Å². The number of rotatable bonds is 3. The molecular formula is C15H12BrClN2S. The molecule has 0 radical (unpaired) electrons. The normalized spacial score (nSPS) is 12.6. The Bertz CT molecular complexity index is 756. The van der Waals surface area contributed by atoms with E-state index in [2.05, 4.69) is 44.6 Å². The Morgan fingerprint density at radius 2 is 2.15 bits per heavy atom. The van der Waals surface area contributed by atoms with E-state index in [4.69, 9.17) is 11.6 Å². The molecule has 20 heavy (non-hydrogen) atoms. The predicted octanol–water partition coefficient (Wildman–Crippen LogP) is 5.89. The zero-order valence-corrected chi connectivity index (χ0v) is 13.9. The molecular weight excluding hydrogens is 356 g/mol. The van der Waals surface area contributed by atoms with Gasteiger partial charge in [-0.05, 0) is 48.2 Å². The highest BCUT2D eigenvalue weighted by atomic mass is 79.9. The summed E-state index contributed by atoms with van der Waals surface area (Å²) < 4.78 is 2.18. The Balaban J connectivity index is 1.86. The van der Waals surface area contributed by atoms with Gasteiger partial charge in [-0.2, -0.15) is 0 Å². The number of halogens is 2. The van der Waals surface area contributed by atoms with Crippen LogP contribution in [0.3, 0.4) is 0 Å². The number of hydrogen-bond acceptors (Lipinski definition) is 3. The fourth-order valence-corrected chi connectivity index (χ4v) is 3.54. The molecule has 2 heterocycles. The van der Waals surface area contributed by atoms with Crippen molar-refractivity contribution in [1.29, 1.82) is 0 Å². The maximum absolute atomic E-state index is 6.23. The number of benzene rings is 1. The van der Waals surface area contributed by atoms with Gasteiger partial charge >= 0.3 is 0 Å². The molecule has 0 saturated carbocycles. The minimum Gasteiger partial charge on any atom is -0.377 e. The van der Waals surface area contributed by atoms with Crippen molar-refractivity contribution in [2.45, 2.75) is 13.0 Å². The standard InChI is InChI=1S/C15H12BrClN2S/c1-9(19-13-3-2-11(16)7-12(13)17)10-6-15-14(18-8-10)4-5-20-15/h2-9,19H,1H3. The smallest absolute Gasteiger partial charge is 0.0809 e. The third-order valence-corrected chi connectivity index (χ3v) is 4.79. The van der Waals surface area contributed by atoms with Gasteiger partial charge in [-0.15, -0.1) is 11.3 Å². The van der Waals surface area contributed by atoms with Gasteiger partial charge < -0.3 is 5.32 Å². The van der Waals surface area contributed by atoms with Crippen LogP contribution in [0, 0.1) is 0 Å². The first-order chi connectivity index (χ1) is 9.63. The molecule has 0 spiro atoms. The van der Waals surface area contributed by atoms with Crippen LogP contribution in [0.1, 0.15) is 18.5 Å². The quantitative estimate of drug-likeness (QED) is 0.624. The van der Waals surface area contributed by atoms with Gasteiger partial charge in [0.2, 0.25) is 0 Å². The van der Waals surface area contributed by atoms with E-state index < -0.39 is 0 Å². The van der Waals surface area contributed by atoms with Crippen molar-refractivity contribution in [2.75, 3.05) is 5.32 Å². The van der Waals surface area contributed by atoms with Crippen LogP contribution in [0.4, 0.5) is 5.69 Å². The summed E-state index contributed by atoms with van der Waals surface area (Å²) in [6, 6.07) is 10.2. The molecule has 0 aliphatic carbocycles. The monoisotopic (exact) mass is 366 g/mol. The van der Waals surface area contributed by atoms with Crippen molar-refractivity contribution < 1.29 is 0 Å². The summed E-state index contributed by atoms with van der Waals surface area (Å²) in [5, 5.41) is 6.19. The van der Waals surface area contributed by atoms with Crippen molar-refractivity contribution >= 4 is 54.8 Å². The van der Waals surface area contributed by atoms with Crippen molar-refractivity contribution in [3.8, 4) is 0 Å². The Hall–Kier alpha value is -1.10. The lowest BCUT2D eigenvalue weighted by Crippen LogP contribution is -2.07. The highest BCUT2D eigenvalue weighted by molar-refractivity contribution is 9.10. The molecule has 5 heteroatoms. The fraction of sp³-hybridized carbons (Fsp3) is 0.133. The number of nitrogens with zero attached hydrogens (tertiary/aromatic N) is 1. The van der Waals surface area contributed by atoms with Crippen molar-refractivity contribution in [1.82, 2.24) is 4.98 Å². The molecule has 0 fully saturated rings. The average Bonchev–Trinajstić information content (AvgIpc) is 2.89. The van der Waals surface area contributed by atoms with Crippen LogP contribution in [0.2, 0.25) is 5.02 Å². The summed E-state index contributed by atoms with van der Waals surface area (Å²) in [7, 11) is 0. The average molecular weight is 368 g/mol. The maximum Gasteiger partial charge on any atom is 0.0809 e. The van der Waals surface area contributed by atoms with E-state index in [-0.39, 0.29) is 6.04 Å². The van der Waals surface area contributed by atoms with E-state index in [0.717, 1.165) is 21.2 Å². The molecule has 3 aromatic rings. The highest BCUT2D eigenvalue weighted by Gasteiger charge is 2.09. The van der Waals surface area contributed by atoms with Gasteiger partial charge in [0.15, 0.2) is 0 Å². The molecule has 2 nitrogen and oxygen atoms in total. The Kier molecular flexibility index (Phi) is 3.96. The molecule has 0 bridgehead atoms. The molecule has 1 N–H and O–H groups in total. The summed E-state index contributed by atoms with van der Waals surface area (Å²) in [5.74, 6) is 0. The largest absolute Gasteiger partial charge is 0.377 e. The molecule has 1 unspecified atom stereocenters. The molecule has 3 rings (SSSR count). The van der Waals surface area contributed by atoms with E-state index in [0.29, 0.717) is 5.02 Å². The minimum absolute atomic E-state index is 0.146. The first-order valence-corrected chi connectivity index (χ1v) is 8.23. The second-order valence-electron chi connectivity index (χ2n) is 4.56. The van der Waals surface area contributed by atoms with Crippen LogP contribution in [0.15, 0.2) is 46.4 Å². The number of thiophene rings is 1. The molecule has 0 saturated heterocycles. The lowest BCUT2D eigenvalue weighted by atomic mass is 10.1. The van der Waals surface area contributed by atoms with Crippen LogP contribution in [-0.4, -0.2) is 4.98 Å². The van der Waals surface area contributed by atoms with Crippen molar-refractivity contribution in [3.63, 3.8) is 0 Å². The zero-order valence-electron chi connectivity index (χ0n) is 10.7. The van der Waals surface area contributed by atoms with Gasteiger partial charge in [-0.25, -0.2) is 0 Å². The zero-order chi connectivity index (χ0) is 14.1. The topological polar surface area (TPSA) is 24.9 Å². The maximum atomic E-state index is 6.23. The summed E-state index contributed by atoms with van der Waals surface area (Å²) in [5.41, 5.74) is 3.13. The number of pyridine rings is 1. The van der Waals surface area contributed by atoms with Gasteiger partial charge in [0.1, 0.15) is 0 Å². The van der Waals surface area contributed by atoms with Crippen LogP contribution < -0.4 is 5.32 Å². The van der Waals surface area contributed by atoms with Crippen LogP contribution >= 0.6 is 38.9 Å². The first-order valence-electron chi connectivity index (χ1n) is 6.18. The number of nitrogens with one attached hydrogen (secondary N) is 1. The number of hydrogen-bond donors (Lipinski definition) is 1. The third-order valence-electron chi connectivity index (χ3n) is 3.13. The molecule has 0 aliphatic heterocycles. The van der Waals surface area contributed by atoms with E-state index in [1.54, 1.807) is 11.3 Å². The van der Waals surface area contributed by atoms with E-state index in [9.17, 15) is 0 Å². The van der Waals surface area contributed by atoms with Crippen LogP contribution in [0.5, 0.6) is 0 Å². The van der Waals surface area contributed by atoms with Gasteiger partial charge in [-0.3, -0.25) is 4.98 Å². The Labute approximate surface area is 134 Å². The fourth-order valence-electron chi connectivity index (χ4n) is 2.02. The molecule has 1 aromatic carbocycles. The molecule has 102 valence electrons. The van der Waals surface area contributed by atoms with E-state index >= 15 is 0 Å². The highest BCUT2D eigenvalue weighted by Crippen LogP contribution is 2.30. The predicted molar refractivity (Wildman–Crippen MR) is 90.8 cm³/mol. The second kappa shape index (κ2) is 5.72. The van der Waals surface area contributed by atoms with Gasteiger partial charge in [0.05, 0.1) is 27.0 Å². The number of anilines is 1. The summed E-state index contributed by atoms with van der Waals surface area (Å²) in [6.07, 6.45) is 1.92. The minimum atomic E-state index is 0.146. The number of fused-ring (bicyclic) bond motifs is 1. The van der Waals surface area contributed by atoms with Crippen LogP contribution in [-0.2, 0) is 0 Å². The summed E-state index contributed by atoms with van der Waals surface area (Å²) in [4.78, 5) is 4.47. The Morgan fingerprint density at radius 3 is 2.95 bits per heavy atom. The molecule has 0 aliphatic rings. The second-order valence-corrected chi connectivity index (χ2v) is 6.83. The van der Waals surface area contributed by atoms with Gasteiger partial charge in [0.25, 0.3) is 0 Å². The lowest BCUT2D eigenvalue weighted by molar-refractivity contribution is 0.880. The molecule has 0 amide bonds. The summed E-state index contributed by atoms with van der Waals surface area (Å²) in [6.45, 7) is 2.11. The van der Waals surface area contributed by atoms with Crippen molar-refractivity contribution in [3.05, 3.63) is 57.0 Å². The molecule has 2 aromatic heterocycles. The van der Waals surface area contributed by atoms with E-state index in [1.165, 1.54) is 4.70 Å². The lowest BCUT2D eigenvalue weighted by Gasteiger charge is -2.16. The van der Waals surface area contributed by atoms with E-state index in [1.807, 2.05) is 30.5 Å². The Morgan fingerprint density at radius 1 is 1.30 bits per heavy atom. The summed E-state index contributed by atoms with van der Waals surface area (Å²) >= 11 is 11.3. The van der Waals surface area contributed by atoms with Crippen molar-refractivity contribution in [2.24, 2.45) is 0 Å². The van der Waals surface area contributed by atoms with Gasteiger partial charge in [-0.1, -0.05) is 27.5 Å². The number of aromatic nitrogens is 1. The first kappa shape index (κ1) is 13.9. The van der Waals surface area contributed by atoms with Gasteiger partial charge in [0, 0.05) is 10.7 Å². The SMILES string of the molecule is CC(Nc1ccc(Br)cc1Cl)c1cnc2ccsc2c1. The third kappa shape index (κ3) is 2.82.